The van der Waals surface area contributed by atoms with Crippen molar-refractivity contribution in [3.63, 3.8) is 0 Å². The number of furan rings is 1. The van der Waals surface area contributed by atoms with E-state index < -0.39 is 5.69 Å². The number of Topliss-reactive ketones (excluding diaryl/α,β-unsaturated/α-hetero) is 1. The predicted octanol–water partition coefficient (Wildman–Crippen LogP) is 2.49. The molecule has 0 spiro atoms. The standard InChI is InChI=1S/C16H14N2O3/c1-10-7-11(2)18(16(20)17-10)8-14(19)13-9-21-15-6-4-3-5-12(13)15/h3-7,9H,8H2,1-2H3. The molecule has 0 N–H and O–H groups in total. The van der Waals surface area contributed by atoms with Crippen LogP contribution in [0.3, 0.4) is 0 Å². The van der Waals surface area contributed by atoms with E-state index in [1.807, 2.05) is 18.2 Å². The topological polar surface area (TPSA) is 65.1 Å². The largest absolute Gasteiger partial charge is 0.464 e. The highest BCUT2D eigenvalue weighted by Crippen LogP contribution is 2.21. The zero-order valence-electron chi connectivity index (χ0n) is 11.8. The molecule has 106 valence electrons. The summed E-state index contributed by atoms with van der Waals surface area (Å²) in [7, 11) is 0. The van der Waals surface area contributed by atoms with Crippen molar-refractivity contribution in [2.45, 2.75) is 20.4 Å². The van der Waals surface area contributed by atoms with Gasteiger partial charge in [-0.2, -0.15) is 4.98 Å². The fraction of sp³-hybridized carbons (Fsp3) is 0.188. The third kappa shape index (κ3) is 2.38. The zero-order chi connectivity index (χ0) is 15.0. The van der Waals surface area contributed by atoms with Gasteiger partial charge in [-0.15, -0.1) is 0 Å². The molecule has 0 aliphatic heterocycles. The Morgan fingerprint density at radius 2 is 2.05 bits per heavy atom. The van der Waals surface area contributed by atoms with Crippen molar-refractivity contribution in [1.29, 1.82) is 0 Å². The van der Waals surface area contributed by atoms with Gasteiger partial charge in [-0.1, -0.05) is 18.2 Å². The van der Waals surface area contributed by atoms with Crippen LogP contribution < -0.4 is 5.69 Å². The molecule has 3 aromatic rings. The molecule has 0 atom stereocenters. The van der Waals surface area contributed by atoms with Gasteiger partial charge >= 0.3 is 5.69 Å². The first-order valence-corrected chi connectivity index (χ1v) is 6.61. The minimum absolute atomic E-state index is 0.0402. The highest BCUT2D eigenvalue weighted by atomic mass is 16.3. The van der Waals surface area contributed by atoms with Crippen LogP contribution >= 0.6 is 0 Å². The summed E-state index contributed by atoms with van der Waals surface area (Å²) < 4.78 is 6.74. The van der Waals surface area contributed by atoms with Gasteiger partial charge in [0, 0.05) is 16.8 Å². The summed E-state index contributed by atoms with van der Waals surface area (Å²) in [5, 5.41) is 0.758. The minimum Gasteiger partial charge on any atom is -0.464 e. The number of aromatic nitrogens is 2. The first-order valence-electron chi connectivity index (χ1n) is 6.61. The van der Waals surface area contributed by atoms with Crippen LogP contribution in [0.2, 0.25) is 0 Å². The number of aryl methyl sites for hydroxylation is 2. The number of para-hydroxylation sites is 1. The maximum absolute atomic E-state index is 12.4. The number of carbonyl (C=O) groups is 1. The number of nitrogens with zero attached hydrogens (tertiary/aromatic N) is 2. The second-order valence-electron chi connectivity index (χ2n) is 4.98. The van der Waals surface area contributed by atoms with Crippen LogP contribution in [0.1, 0.15) is 21.7 Å². The molecule has 0 bridgehead atoms. The Morgan fingerprint density at radius 1 is 1.29 bits per heavy atom. The Bertz CT molecular complexity index is 890. The van der Waals surface area contributed by atoms with Crippen molar-refractivity contribution >= 4 is 16.8 Å². The molecule has 0 aliphatic rings. The van der Waals surface area contributed by atoms with Crippen LogP contribution in [0.4, 0.5) is 0 Å². The molecule has 21 heavy (non-hydrogen) atoms. The number of hydrogen-bond acceptors (Lipinski definition) is 4. The van der Waals surface area contributed by atoms with Crippen molar-refractivity contribution in [2.75, 3.05) is 0 Å². The number of carbonyl (C=O) groups excluding carboxylic acids is 1. The molecule has 0 fully saturated rings. The van der Waals surface area contributed by atoms with Crippen molar-refractivity contribution < 1.29 is 9.21 Å². The fourth-order valence-corrected chi connectivity index (χ4v) is 2.39. The molecular formula is C16H14N2O3. The van der Waals surface area contributed by atoms with Crippen LogP contribution in [0.15, 0.2) is 45.8 Å². The van der Waals surface area contributed by atoms with Gasteiger partial charge in [0.1, 0.15) is 11.8 Å². The molecule has 3 rings (SSSR count). The van der Waals surface area contributed by atoms with Gasteiger partial charge in [0.2, 0.25) is 0 Å². The van der Waals surface area contributed by atoms with Crippen molar-refractivity contribution in [3.05, 3.63) is 64.0 Å². The van der Waals surface area contributed by atoms with E-state index in [1.54, 1.807) is 26.0 Å². The number of ketones is 1. The van der Waals surface area contributed by atoms with E-state index in [-0.39, 0.29) is 12.3 Å². The highest BCUT2D eigenvalue weighted by Gasteiger charge is 2.15. The maximum atomic E-state index is 12.4. The van der Waals surface area contributed by atoms with Gasteiger partial charge in [0.15, 0.2) is 5.78 Å². The monoisotopic (exact) mass is 282 g/mol. The van der Waals surface area contributed by atoms with Gasteiger partial charge in [-0.05, 0) is 26.0 Å². The number of benzene rings is 1. The van der Waals surface area contributed by atoms with Crippen LogP contribution in [-0.2, 0) is 6.54 Å². The fourth-order valence-electron chi connectivity index (χ4n) is 2.39. The Labute approximate surface area is 120 Å². The Hall–Kier alpha value is -2.69. The summed E-state index contributed by atoms with van der Waals surface area (Å²) in [5.41, 5.74) is 2.10. The average Bonchev–Trinajstić information content (AvgIpc) is 2.86. The average molecular weight is 282 g/mol. The molecule has 0 amide bonds. The second-order valence-corrected chi connectivity index (χ2v) is 4.98. The van der Waals surface area contributed by atoms with Gasteiger partial charge in [-0.3, -0.25) is 9.36 Å². The van der Waals surface area contributed by atoms with E-state index in [4.69, 9.17) is 4.42 Å². The van der Waals surface area contributed by atoms with Gasteiger partial charge in [0.25, 0.3) is 0 Å². The lowest BCUT2D eigenvalue weighted by Gasteiger charge is -2.08. The van der Waals surface area contributed by atoms with E-state index in [2.05, 4.69) is 4.98 Å². The molecule has 1 aromatic carbocycles. The normalized spacial score (nSPS) is 11.0. The van der Waals surface area contributed by atoms with Crippen molar-refractivity contribution in [3.8, 4) is 0 Å². The SMILES string of the molecule is Cc1cc(C)n(CC(=O)c2coc3ccccc23)c(=O)n1. The summed E-state index contributed by atoms with van der Waals surface area (Å²) in [6, 6.07) is 9.10. The molecule has 0 saturated heterocycles. The zero-order valence-corrected chi connectivity index (χ0v) is 11.8. The molecule has 0 aliphatic carbocycles. The molecule has 0 unspecified atom stereocenters. The first-order chi connectivity index (χ1) is 10.1. The molecule has 0 saturated carbocycles. The third-order valence-corrected chi connectivity index (χ3v) is 3.43. The van der Waals surface area contributed by atoms with E-state index in [0.717, 1.165) is 5.39 Å². The first kappa shape index (κ1) is 13.3. The third-order valence-electron chi connectivity index (χ3n) is 3.43. The summed E-state index contributed by atoms with van der Waals surface area (Å²) >= 11 is 0. The maximum Gasteiger partial charge on any atom is 0.348 e. The van der Waals surface area contributed by atoms with E-state index in [9.17, 15) is 9.59 Å². The second kappa shape index (κ2) is 5.01. The van der Waals surface area contributed by atoms with E-state index >= 15 is 0 Å². The number of hydrogen-bond donors (Lipinski definition) is 0. The van der Waals surface area contributed by atoms with Crippen LogP contribution in [0.5, 0.6) is 0 Å². The number of fused-ring (bicyclic) bond motifs is 1. The van der Waals surface area contributed by atoms with Crippen LogP contribution in [0, 0.1) is 13.8 Å². The number of rotatable bonds is 3. The summed E-state index contributed by atoms with van der Waals surface area (Å²) in [6.07, 6.45) is 1.44. The van der Waals surface area contributed by atoms with Crippen molar-refractivity contribution in [2.24, 2.45) is 0 Å². The minimum atomic E-state index is -0.409. The van der Waals surface area contributed by atoms with Gasteiger partial charge in [-0.25, -0.2) is 4.79 Å². The predicted molar refractivity (Wildman–Crippen MR) is 78.5 cm³/mol. The van der Waals surface area contributed by atoms with Gasteiger partial charge < -0.3 is 4.42 Å². The van der Waals surface area contributed by atoms with E-state index in [0.29, 0.717) is 22.5 Å². The molecule has 0 radical (unpaired) electrons. The molecule has 2 aromatic heterocycles. The quantitative estimate of drug-likeness (QED) is 0.692. The highest BCUT2D eigenvalue weighted by molar-refractivity contribution is 6.06. The lowest BCUT2D eigenvalue weighted by Crippen LogP contribution is -2.28. The summed E-state index contributed by atoms with van der Waals surface area (Å²) in [5.74, 6) is -0.171. The Kier molecular flexibility index (Phi) is 3.17. The van der Waals surface area contributed by atoms with Crippen molar-refractivity contribution in [1.82, 2.24) is 9.55 Å². The summed E-state index contributed by atoms with van der Waals surface area (Å²) in [6.45, 7) is 3.50. The smallest absolute Gasteiger partial charge is 0.348 e. The Balaban J connectivity index is 1.99. The lowest BCUT2D eigenvalue weighted by atomic mass is 10.1. The van der Waals surface area contributed by atoms with Crippen LogP contribution in [-0.4, -0.2) is 15.3 Å². The molecular weight excluding hydrogens is 268 g/mol. The van der Waals surface area contributed by atoms with Crippen LogP contribution in [0.25, 0.3) is 11.0 Å². The van der Waals surface area contributed by atoms with E-state index in [1.165, 1.54) is 10.8 Å². The molecule has 5 nitrogen and oxygen atoms in total. The summed E-state index contributed by atoms with van der Waals surface area (Å²) in [4.78, 5) is 28.2. The van der Waals surface area contributed by atoms with Gasteiger partial charge in [0.05, 0.1) is 12.1 Å². The lowest BCUT2D eigenvalue weighted by molar-refractivity contribution is 0.0970. The Morgan fingerprint density at radius 3 is 2.81 bits per heavy atom. The molecule has 5 heteroatoms. The molecule has 2 heterocycles.